The van der Waals surface area contributed by atoms with Crippen LogP contribution >= 0.6 is 0 Å². The van der Waals surface area contributed by atoms with Gasteiger partial charge in [-0.05, 0) is 19.1 Å². The molecule has 0 aromatic heterocycles. The normalized spacial score (nSPS) is 9.50. The monoisotopic (exact) mass is 164 g/mol. The van der Waals surface area contributed by atoms with Gasteiger partial charge in [-0.3, -0.25) is 4.79 Å². The number of Topliss-reactive ketones (excluding diaryl/α,β-unsaturated/α-hetero) is 1. The Morgan fingerprint density at radius 2 is 2.00 bits per heavy atom. The summed E-state index contributed by atoms with van der Waals surface area (Å²) in [6, 6.07) is 9.40. The van der Waals surface area contributed by atoms with Crippen molar-refractivity contribution in [2.75, 3.05) is 11.6 Å². The molecule has 0 fully saturated rings. The molecular formula is C9H12N2O. The Kier molecular flexibility index (Phi) is 2.82. The summed E-state index contributed by atoms with van der Waals surface area (Å²) in [7, 11) is 0. The first-order chi connectivity index (χ1) is 5.70. The molecule has 0 aliphatic rings. The van der Waals surface area contributed by atoms with Crippen molar-refractivity contribution in [3.05, 3.63) is 30.3 Å². The van der Waals surface area contributed by atoms with Crippen LogP contribution in [-0.2, 0) is 4.79 Å². The van der Waals surface area contributed by atoms with Crippen LogP contribution in [0.3, 0.4) is 0 Å². The second-order valence-electron chi connectivity index (χ2n) is 2.67. The summed E-state index contributed by atoms with van der Waals surface area (Å²) in [5.74, 6) is 5.67. The van der Waals surface area contributed by atoms with E-state index in [9.17, 15) is 4.79 Å². The van der Waals surface area contributed by atoms with Crippen molar-refractivity contribution in [2.45, 2.75) is 6.92 Å². The molecule has 0 saturated heterocycles. The topological polar surface area (TPSA) is 46.3 Å². The molecule has 1 aromatic rings. The van der Waals surface area contributed by atoms with Crippen molar-refractivity contribution in [3.63, 3.8) is 0 Å². The second kappa shape index (κ2) is 3.88. The fourth-order valence-corrected chi connectivity index (χ4v) is 0.951. The van der Waals surface area contributed by atoms with Gasteiger partial charge < -0.3 is 5.01 Å². The number of para-hydroxylation sites is 1. The minimum absolute atomic E-state index is 0.0568. The molecule has 2 N–H and O–H groups in total. The molecule has 64 valence electrons. The van der Waals surface area contributed by atoms with E-state index in [2.05, 4.69) is 0 Å². The first kappa shape index (κ1) is 8.74. The third-order valence-corrected chi connectivity index (χ3v) is 1.48. The van der Waals surface area contributed by atoms with Crippen LogP contribution in [0.25, 0.3) is 0 Å². The highest BCUT2D eigenvalue weighted by Gasteiger charge is 2.01. The highest BCUT2D eigenvalue weighted by molar-refractivity contribution is 5.80. The summed E-state index contributed by atoms with van der Waals surface area (Å²) in [5.41, 5.74) is 0.854. The maximum absolute atomic E-state index is 10.7. The molecule has 0 saturated carbocycles. The van der Waals surface area contributed by atoms with Crippen LogP contribution in [0.5, 0.6) is 0 Å². The molecule has 0 heterocycles. The Morgan fingerprint density at radius 3 is 2.50 bits per heavy atom. The van der Waals surface area contributed by atoms with Crippen LogP contribution in [-0.4, -0.2) is 12.3 Å². The van der Waals surface area contributed by atoms with Crippen molar-refractivity contribution in [1.29, 1.82) is 0 Å². The standard InChI is InChI=1S/C9H12N2O/c1-8(12)7-11(10)9-5-3-2-4-6-9/h2-6H,7,10H2,1H3. The van der Waals surface area contributed by atoms with Gasteiger partial charge in [0.2, 0.25) is 0 Å². The van der Waals surface area contributed by atoms with Crippen molar-refractivity contribution in [2.24, 2.45) is 5.84 Å². The minimum Gasteiger partial charge on any atom is -0.304 e. The largest absolute Gasteiger partial charge is 0.304 e. The number of nitrogens with two attached hydrogens (primary N) is 1. The highest BCUT2D eigenvalue weighted by Crippen LogP contribution is 2.08. The Bertz CT molecular complexity index is 258. The molecule has 0 amide bonds. The van der Waals surface area contributed by atoms with Crippen LogP contribution in [0, 0.1) is 0 Å². The number of hydrogen-bond donors (Lipinski definition) is 1. The van der Waals surface area contributed by atoms with E-state index < -0.39 is 0 Å². The third-order valence-electron chi connectivity index (χ3n) is 1.48. The maximum Gasteiger partial charge on any atom is 0.150 e. The van der Waals surface area contributed by atoms with Crippen molar-refractivity contribution >= 4 is 11.5 Å². The summed E-state index contributed by atoms with van der Waals surface area (Å²) in [6.07, 6.45) is 0. The van der Waals surface area contributed by atoms with E-state index in [1.54, 1.807) is 0 Å². The van der Waals surface area contributed by atoms with Crippen molar-refractivity contribution in [1.82, 2.24) is 0 Å². The van der Waals surface area contributed by atoms with E-state index in [1.165, 1.54) is 11.9 Å². The lowest BCUT2D eigenvalue weighted by Gasteiger charge is -2.16. The quantitative estimate of drug-likeness (QED) is 0.534. The molecule has 3 heteroatoms. The molecule has 0 radical (unpaired) electrons. The first-order valence-electron chi connectivity index (χ1n) is 3.77. The Labute approximate surface area is 71.8 Å². The summed E-state index contributed by atoms with van der Waals surface area (Å²) in [4.78, 5) is 10.7. The fraction of sp³-hybridized carbons (Fsp3) is 0.222. The zero-order valence-corrected chi connectivity index (χ0v) is 7.03. The zero-order valence-electron chi connectivity index (χ0n) is 7.03. The van der Waals surface area contributed by atoms with Gasteiger partial charge in [0.25, 0.3) is 0 Å². The molecule has 12 heavy (non-hydrogen) atoms. The molecule has 0 bridgehead atoms. The molecule has 3 nitrogen and oxygen atoms in total. The predicted molar refractivity (Wildman–Crippen MR) is 48.7 cm³/mol. The van der Waals surface area contributed by atoms with E-state index in [0.717, 1.165) is 5.69 Å². The van der Waals surface area contributed by atoms with Gasteiger partial charge in [-0.1, -0.05) is 18.2 Å². The fourth-order valence-electron chi connectivity index (χ4n) is 0.951. The molecule has 1 aromatic carbocycles. The van der Waals surface area contributed by atoms with Gasteiger partial charge in [-0.15, -0.1) is 0 Å². The molecule has 0 aliphatic carbocycles. The van der Waals surface area contributed by atoms with Gasteiger partial charge in [-0.25, -0.2) is 5.84 Å². The number of hydrogen-bond acceptors (Lipinski definition) is 3. The number of carbonyl (C=O) groups excluding carboxylic acids is 1. The molecular weight excluding hydrogens is 152 g/mol. The maximum atomic E-state index is 10.7. The smallest absolute Gasteiger partial charge is 0.150 e. The Balaban J connectivity index is 2.65. The van der Waals surface area contributed by atoms with Crippen LogP contribution in [0.2, 0.25) is 0 Å². The summed E-state index contributed by atoms with van der Waals surface area (Å²) in [6.45, 7) is 1.77. The number of carbonyl (C=O) groups is 1. The predicted octanol–water partition coefficient (Wildman–Crippen LogP) is 0.956. The molecule has 0 spiro atoms. The van der Waals surface area contributed by atoms with Gasteiger partial charge >= 0.3 is 0 Å². The summed E-state index contributed by atoms with van der Waals surface area (Å²) >= 11 is 0. The third kappa shape index (κ3) is 2.36. The molecule has 0 aliphatic heterocycles. The van der Waals surface area contributed by atoms with Crippen molar-refractivity contribution < 1.29 is 4.79 Å². The van der Waals surface area contributed by atoms with Gasteiger partial charge in [-0.2, -0.15) is 0 Å². The first-order valence-corrected chi connectivity index (χ1v) is 3.77. The average Bonchev–Trinajstić information content (AvgIpc) is 2.05. The lowest BCUT2D eigenvalue weighted by Crippen LogP contribution is -2.35. The lowest BCUT2D eigenvalue weighted by molar-refractivity contribution is -0.115. The van der Waals surface area contributed by atoms with Crippen LogP contribution in [0.15, 0.2) is 30.3 Å². The van der Waals surface area contributed by atoms with E-state index in [-0.39, 0.29) is 12.3 Å². The SMILES string of the molecule is CC(=O)CN(N)c1ccccc1. The van der Waals surface area contributed by atoms with Crippen LogP contribution in [0.4, 0.5) is 5.69 Å². The van der Waals surface area contributed by atoms with Gasteiger partial charge in [0.05, 0.1) is 12.2 Å². The number of benzene rings is 1. The van der Waals surface area contributed by atoms with Crippen LogP contribution in [0.1, 0.15) is 6.92 Å². The molecule has 0 unspecified atom stereocenters. The Morgan fingerprint density at radius 1 is 1.42 bits per heavy atom. The summed E-state index contributed by atoms with van der Waals surface area (Å²) in [5, 5.41) is 1.43. The van der Waals surface area contributed by atoms with Gasteiger partial charge in [0.1, 0.15) is 0 Å². The zero-order chi connectivity index (χ0) is 8.97. The number of nitrogens with zero attached hydrogens (tertiary/aromatic N) is 1. The number of ketones is 1. The molecule has 1 rings (SSSR count). The minimum atomic E-state index is 0.0568. The van der Waals surface area contributed by atoms with Crippen molar-refractivity contribution in [3.8, 4) is 0 Å². The van der Waals surface area contributed by atoms with Gasteiger partial charge in [0.15, 0.2) is 5.78 Å². The van der Waals surface area contributed by atoms with Gasteiger partial charge in [0, 0.05) is 0 Å². The van der Waals surface area contributed by atoms with E-state index >= 15 is 0 Å². The number of rotatable bonds is 3. The summed E-state index contributed by atoms with van der Waals surface area (Å²) < 4.78 is 0. The number of anilines is 1. The lowest BCUT2D eigenvalue weighted by atomic mass is 10.3. The second-order valence-corrected chi connectivity index (χ2v) is 2.67. The Hall–Kier alpha value is -1.35. The highest BCUT2D eigenvalue weighted by atomic mass is 16.1. The van der Waals surface area contributed by atoms with E-state index in [0.29, 0.717) is 0 Å². The number of hydrazine groups is 1. The molecule has 0 atom stereocenters. The van der Waals surface area contributed by atoms with E-state index in [4.69, 9.17) is 5.84 Å². The average molecular weight is 164 g/mol. The van der Waals surface area contributed by atoms with Crippen LogP contribution < -0.4 is 10.9 Å². The van der Waals surface area contributed by atoms with E-state index in [1.807, 2.05) is 30.3 Å².